The number of nitrogens with two attached hydrogens (primary N) is 1. The minimum absolute atomic E-state index is 0.146. The van der Waals surface area contributed by atoms with E-state index < -0.39 is 17.6 Å². The van der Waals surface area contributed by atoms with Crippen molar-refractivity contribution in [2.24, 2.45) is 12.8 Å². The molecule has 0 aliphatic rings. The minimum Gasteiger partial charge on any atom is -0.381 e. The maximum atomic E-state index is 14.0. The summed E-state index contributed by atoms with van der Waals surface area (Å²) in [6.45, 7) is 4.15. The number of amides is 2. The third kappa shape index (κ3) is 4.33. The van der Waals surface area contributed by atoms with Gasteiger partial charge in [-0.25, -0.2) is 4.39 Å². The smallest absolute Gasteiger partial charge is 0.290 e. The molecule has 2 amide bonds. The zero-order valence-electron chi connectivity index (χ0n) is 21.9. The SMILES string of the molecule is CCn1c(-c2ccc(-c3c(C)on(C)c3=O)cc2)cc2ccc(C#N)c(C(=O)Nc3ccc(F)c(C(N)=O)c3)c21. The molecule has 200 valence electrons. The van der Waals surface area contributed by atoms with Crippen LogP contribution in [-0.2, 0) is 13.6 Å². The molecule has 9 nitrogen and oxygen atoms in total. The van der Waals surface area contributed by atoms with Gasteiger partial charge in [0.1, 0.15) is 17.6 Å². The standard InChI is InChI=1S/C30H24FN5O4/c1-4-36-24(17-5-7-18(8-6-17)25-16(2)40-35(3)30(25)39)13-19-9-10-20(15-32)26(27(19)36)29(38)34-21-11-12-23(31)22(14-21)28(33)37/h5-14H,4H2,1-3H3,(H2,33,37)(H,34,38). The molecule has 5 rings (SSSR count). The molecule has 10 heteroatoms. The number of carbonyl (C=O) groups excluding carboxylic acids is 2. The number of hydrogen-bond acceptors (Lipinski definition) is 5. The molecule has 0 spiro atoms. The molecule has 0 unspecified atom stereocenters. The van der Waals surface area contributed by atoms with Crippen LogP contribution in [0.25, 0.3) is 33.3 Å². The van der Waals surface area contributed by atoms with Crippen LogP contribution in [0.3, 0.4) is 0 Å². The highest BCUT2D eigenvalue weighted by molar-refractivity contribution is 6.15. The molecule has 0 radical (unpaired) electrons. The van der Waals surface area contributed by atoms with Crippen molar-refractivity contribution < 1.29 is 18.5 Å². The third-order valence-electron chi connectivity index (χ3n) is 6.81. The first-order chi connectivity index (χ1) is 19.1. The maximum absolute atomic E-state index is 14.0. The Hall–Kier alpha value is -5.43. The average molecular weight is 538 g/mol. The van der Waals surface area contributed by atoms with Gasteiger partial charge in [-0.1, -0.05) is 30.3 Å². The van der Waals surface area contributed by atoms with E-state index in [0.29, 0.717) is 23.4 Å². The number of halogens is 1. The van der Waals surface area contributed by atoms with Gasteiger partial charge >= 0.3 is 0 Å². The molecule has 40 heavy (non-hydrogen) atoms. The Balaban J connectivity index is 1.60. The fraction of sp³-hybridized carbons (Fsp3) is 0.133. The van der Waals surface area contributed by atoms with Crippen molar-refractivity contribution in [3.8, 4) is 28.5 Å². The lowest BCUT2D eigenvalue weighted by Crippen LogP contribution is -2.17. The van der Waals surface area contributed by atoms with Gasteiger partial charge in [-0.3, -0.25) is 14.4 Å². The summed E-state index contributed by atoms with van der Waals surface area (Å²) >= 11 is 0. The monoisotopic (exact) mass is 537 g/mol. The summed E-state index contributed by atoms with van der Waals surface area (Å²) in [7, 11) is 1.56. The zero-order valence-corrected chi connectivity index (χ0v) is 21.9. The minimum atomic E-state index is -0.966. The number of primary amides is 1. The second-order valence-corrected chi connectivity index (χ2v) is 9.23. The van der Waals surface area contributed by atoms with Gasteiger partial charge in [-0.2, -0.15) is 10.0 Å². The van der Waals surface area contributed by atoms with Crippen molar-refractivity contribution in [2.45, 2.75) is 20.4 Å². The number of benzene rings is 3. The molecular formula is C30H24FN5O4. The fourth-order valence-electron chi connectivity index (χ4n) is 4.97. The van der Waals surface area contributed by atoms with Crippen LogP contribution in [0.2, 0.25) is 0 Å². The summed E-state index contributed by atoms with van der Waals surface area (Å²) in [6.07, 6.45) is 0. The van der Waals surface area contributed by atoms with Gasteiger partial charge in [-0.15, -0.1) is 0 Å². The van der Waals surface area contributed by atoms with Crippen LogP contribution in [0.4, 0.5) is 10.1 Å². The van der Waals surface area contributed by atoms with Crippen LogP contribution in [-0.4, -0.2) is 21.1 Å². The second-order valence-electron chi connectivity index (χ2n) is 9.23. The lowest BCUT2D eigenvalue weighted by Gasteiger charge is -2.13. The maximum Gasteiger partial charge on any atom is 0.290 e. The average Bonchev–Trinajstić information content (AvgIpc) is 3.44. The highest BCUT2D eigenvalue weighted by Crippen LogP contribution is 2.33. The Kier molecular flexibility index (Phi) is 6.57. The molecule has 0 saturated carbocycles. The predicted molar refractivity (Wildman–Crippen MR) is 148 cm³/mol. The number of aromatic nitrogens is 2. The highest BCUT2D eigenvalue weighted by atomic mass is 19.1. The molecule has 3 aromatic carbocycles. The van der Waals surface area contributed by atoms with E-state index in [1.54, 1.807) is 26.1 Å². The summed E-state index contributed by atoms with van der Waals surface area (Å²) in [5, 5.41) is 13.2. The number of rotatable bonds is 6. The van der Waals surface area contributed by atoms with E-state index in [-0.39, 0.29) is 27.9 Å². The van der Waals surface area contributed by atoms with Crippen molar-refractivity contribution in [3.63, 3.8) is 0 Å². The van der Waals surface area contributed by atoms with Crippen LogP contribution in [0.15, 0.2) is 70.0 Å². The molecule has 0 aliphatic carbocycles. The van der Waals surface area contributed by atoms with E-state index in [1.165, 1.54) is 10.8 Å². The molecule has 2 heterocycles. The van der Waals surface area contributed by atoms with Gasteiger partial charge in [-0.05, 0) is 55.3 Å². The van der Waals surface area contributed by atoms with Crippen LogP contribution in [0.5, 0.6) is 0 Å². The summed E-state index contributed by atoms with van der Waals surface area (Å²) in [5.41, 5.74) is 8.53. The zero-order chi connectivity index (χ0) is 28.7. The second kappa shape index (κ2) is 10.0. The van der Waals surface area contributed by atoms with E-state index in [2.05, 4.69) is 11.4 Å². The van der Waals surface area contributed by atoms with Gasteiger partial charge in [0.15, 0.2) is 0 Å². The Morgan fingerprint density at radius 2 is 1.77 bits per heavy atom. The van der Waals surface area contributed by atoms with Crippen molar-refractivity contribution in [2.75, 3.05) is 5.32 Å². The first kappa shape index (κ1) is 26.2. The van der Waals surface area contributed by atoms with E-state index >= 15 is 0 Å². The third-order valence-corrected chi connectivity index (χ3v) is 6.81. The van der Waals surface area contributed by atoms with Crippen molar-refractivity contribution in [1.29, 1.82) is 5.26 Å². The molecule has 0 saturated heterocycles. The van der Waals surface area contributed by atoms with Crippen LogP contribution in [0.1, 0.15) is 39.0 Å². The fourth-order valence-corrected chi connectivity index (χ4v) is 4.97. The van der Waals surface area contributed by atoms with Gasteiger partial charge in [0, 0.05) is 30.4 Å². The first-order valence-electron chi connectivity index (χ1n) is 12.4. The summed E-state index contributed by atoms with van der Waals surface area (Å²) in [6, 6.07) is 18.3. The molecule has 2 aromatic heterocycles. The van der Waals surface area contributed by atoms with E-state index in [9.17, 15) is 24.0 Å². The number of aryl methyl sites for hydroxylation is 3. The van der Waals surface area contributed by atoms with Gasteiger partial charge in [0.05, 0.1) is 27.8 Å². The summed E-state index contributed by atoms with van der Waals surface area (Å²) in [4.78, 5) is 37.6. The van der Waals surface area contributed by atoms with Crippen molar-refractivity contribution >= 4 is 28.4 Å². The number of nitrogens with zero attached hydrogens (tertiary/aromatic N) is 3. The molecule has 3 N–H and O–H groups in total. The number of carbonyl (C=O) groups is 2. The van der Waals surface area contributed by atoms with Gasteiger partial charge in [0.25, 0.3) is 17.4 Å². The highest BCUT2D eigenvalue weighted by Gasteiger charge is 2.22. The van der Waals surface area contributed by atoms with Crippen LogP contribution >= 0.6 is 0 Å². The van der Waals surface area contributed by atoms with E-state index in [4.69, 9.17) is 10.3 Å². The Bertz CT molecular complexity index is 1920. The quantitative estimate of drug-likeness (QED) is 0.316. The molecular weight excluding hydrogens is 513 g/mol. The topological polar surface area (TPSA) is 136 Å². The molecule has 0 fully saturated rings. The van der Waals surface area contributed by atoms with Gasteiger partial charge < -0.3 is 20.1 Å². The Labute approximate surface area is 227 Å². The van der Waals surface area contributed by atoms with E-state index in [1.807, 2.05) is 41.8 Å². The number of fused-ring (bicyclic) bond motifs is 1. The number of nitrogens with one attached hydrogen (secondary N) is 1. The van der Waals surface area contributed by atoms with Crippen molar-refractivity contribution in [3.05, 3.63) is 99.3 Å². The van der Waals surface area contributed by atoms with E-state index in [0.717, 1.165) is 34.3 Å². The Morgan fingerprint density at radius 3 is 2.38 bits per heavy atom. The molecule has 0 bridgehead atoms. The van der Waals surface area contributed by atoms with Crippen LogP contribution < -0.4 is 16.6 Å². The molecule has 5 aromatic rings. The number of nitriles is 1. The van der Waals surface area contributed by atoms with Gasteiger partial charge in [0.2, 0.25) is 0 Å². The van der Waals surface area contributed by atoms with Crippen LogP contribution in [0, 0.1) is 24.1 Å². The van der Waals surface area contributed by atoms with Crippen molar-refractivity contribution in [1.82, 2.24) is 9.31 Å². The lowest BCUT2D eigenvalue weighted by atomic mass is 10.0. The largest absolute Gasteiger partial charge is 0.381 e. The molecule has 0 aliphatic heterocycles. The number of anilines is 1. The molecule has 0 atom stereocenters. The summed E-state index contributed by atoms with van der Waals surface area (Å²) in [5.74, 6) is -1.84. The normalized spacial score (nSPS) is 11.0. The first-order valence-corrected chi connectivity index (χ1v) is 12.4. The predicted octanol–water partition coefficient (Wildman–Crippen LogP) is 4.96. The lowest BCUT2D eigenvalue weighted by molar-refractivity contribution is 0.0992. The Morgan fingerprint density at radius 1 is 1.07 bits per heavy atom. The number of hydrogen-bond donors (Lipinski definition) is 2. The summed E-state index contributed by atoms with van der Waals surface area (Å²) < 4.78 is 22.5.